The van der Waals surface area contributed by atoms with Gasteiger partial charge in [0.2, 0.25) is 0 Å². The first kappa shape index (κ1) is 20.6. The van der Waals surface area contributed by atoms with Gasteiger partial charge in [0.1, 0.15) is 17.9 Å². The molecule has 1 aromatic heterocycles. The van der Waals surface area contributed by atoms with Crippen molar-refractivity contribution in [3.63, 3.8) is 0 Å². The Balaban J connectivity index is 2.15. The quantitative estimate of drug-likeness (QED) is 0.586. The first-order chi connectivity index (χ1) is 12.8. The maximum absolute atomic E-state index is 13.9. The van der Waals surface area contributed by atoms with E-state index in [1.807, 2.05) is 13.8 Å². The number of benzene rings is 1. The van der Waals surface area contributed by atoms with E-state index in [1.54, 1.807) is 22.8 Å². The van der Waals surface area contributed by atoms with Crippen LogP contribution in [0.25, 0.3) is 0 Å². The van der Waals surface area contributed by atoms with Crippen LogP contribution in [0.1, 0.15) is 31.5 Å². The van der Waals surface area contributed by atoms with Gasteiger partial charge in [-0.05, 0) is 18.4 Å². The van der Waals surface area contributed by atoms with Gasteiger partial charge in [0.15, 0.2) is 0 Å². The van der Waals surface area contributed by atoms with Crippen molar-refractivity contribution in [2.24, 2.45) is 5.92 Å². The monoisotopic (exact) mass is 377 g/mol. The standard InChI is InChI=1S/C19H24FN3O4/c1-12(2)7-16(18(24)25)22-17(19(26)27)8-14-9-21-11-23(14)10-13-5-3-4-6-15(13)20/h3-6,9,11-12,16-17,22H,7-8,10H2,1-2H3,(H,24,25)(H,26,27). The van der Waals surface area contributed by atoms with Crippen LogP contribution in [-0.4, -0.2) is 43.8 Å². The van der Waals surface area contributed by atoms with Gasteiger partial charge in [0.25, 0.3) is 0 Å². The Morgan fingerprint density at radius 2 is 1.85 bits per heavy atom. The lowest BCUT2D eigenvalue weighted by Crippen LogP contribution is -2.49. The molecule has 0 saturated heterocycles. The number of aliphatic carboxylic acids is 2. The number of hydrogen-bond donors (Lipinski definition) is 3. The smallest absolute Gasteiger partial charge is 0.321 e. The van der Waals surface area contributed by atoms with E-state index in [-0.39, 0.29) is 24.7 Å². The third-order valence-electron chi connectivity index (χ3n) is 4.22. The van der Waals surface area contributed by atoms with E-state index < -0.39 is 24.0 Å². The van der Waals surface area contributed by atoms with Gasteiger partial charge in [-0.2, -0.15) is 0 Å². The predicted octanol–water partition coefficient (Wildman–Crippen LogP) is 2.16. The molecule has 8 heteroatoms. The van der Waals surface area contributed by atoms with E-state index in [0.717, 1.165) is 0 Å². The molecule has 27 heavy (non-hydrogen) atoms. The lowest BCUT2D eigenvalue weighted by Gasteiger charge is -2.22. The molecule has 0 fully saturated rings. The van der Waals surface area contributed by atoms with Gasteiger partial charge < -0.3 is 14.8 Å². The highest BCUT2D eigenvalue weighted by molar-refractivity contribution is 5.77. The second-order valence-electron chi connectivity index (χ2n) is 6.89. The lowest BCUT2D eigenvalue weighted by molar-refractivity contribution is -0.142. The fourth-order valence-electron chi connectivity index (χ4n) is 2.85. The summed E-state index contributed by atoms with van der Waals surface area (Å²) in [5, 5.41) is 21.6. The van der Waals surface area contributed by atoms with Crippen molar-refractivity contribution < 1.29 is 24.2 Å². The van der Waals surface area contributed by atoms with Crippen molar-refractivity contribution >= 4 is 11.9 Å². The van der Waals surface area contributed by atoms with Gasteiger partial charge in [-0.3, -0.25) is 14.9 Å². The molecule has 146 valence electrons. The normalized spacial score (nSPS) is 13.5. The highest BCUT2D eigenvalue weighted by Crippen LogP contribution is 2.13. The number of hydrogen-bond acceptors (Lipinski definition) is 4. The van der Waals surface area contributed by atoms with E-state index in [9.17, 15) is 24.2 Å². The summed E-state index contributed by atoms with van der Waals surface area (Å²) in [6.07, 6.45) is 3.36. The molecule has 2 unspecified atom stereocenters. The summed E-state index contributed by atoms with van der Waals surface area (Å²) < 4.78 is 15.5. The zero-order chi connectivity index (χ0) is 20.0. The van der Waals surface area contributed by atoms with Crippen LogP contribution in [-0.2, 0) is 22.6 Å². The Kier molecular flexibility index (Phi) is 7.06. The van der Waals surface area contributed by atoms with Crippen molar-refractivity contribution in [1.29, 1.82) is 0 Å². The van der Waals surface area contributed by atoms with Crippen molar-refractivity contribution in [1.82, 2.24) is 14.9 Å². The second-order valence-corrected chi connectivity index (χ2v) is 6.89. The average Bonchev–Trinajstić information content (AvgIpc) is 3.01. The fourth-order valence-corrected chi connectivity index (χ4v) is 2.85. The van der Waals surface area contributed by atoms with Gasteiger partial charge >= 0.3 is 11.9 Å². The number of nitrogens with one attached hydrogen (secondary N) is 1. The summed E-state index contributed by atoms with van der Waals surface area (Å²) in [6, 6.07) is 4.26. The van der Waals surface area contributed by atoms with Gasteiger partial charge in [0.05, 0.1) is 12.9 Å². The number of carboxylic acids is 2. The minimum atomic E-state index is -1.15. The maximum Gasteiger partial charge on any atom is 0.321 e. The van der Waals surface area contributed by atoms with Gasteiger partial charge in [-0.1, -0.05) is 32.0 Å². The molecule has 0 spiro atoms. The van der Waals surface area contributed by atoms with E-state index in [1.165, 1.54) is 18.6 Å². The highest BCUT2D eigenvalue weighted by Gasteiger charge is 2.27. The molecular weight excluding hydrogens is 353 g/mol. The average molecular weight is 377 g/mol. The molecule has 0 aliphatic carbocycles. The first-order valence-electron chi connectivity index (χ1n) is 8.72. The molecule has 0 radical (unpaired) electrons. The molecule has 0 bridgehead atoms. The van der Waals surface area contributed by atoms with Crippen LogP contribution < -0.4 is 5.32 Å². The minimum Gasteiger partial charge on any atom is -0.480 e. The molecule has 3 N–H and O–H groups in total. The number of aromatic nitrogens is 2. The van der Waals surface area contributed by atoms with Crippen LogP contribution in [0.2, 0.25) is 0 Å². The van der Waals surface area contributed by atoms with Crippen LogP contribution in [0, 0.1) is 11.7 Å². The molecule has 2 rings (SSSR count). The fraction of sp³-hybridized carbons (Fsp3) is 0.421. The first-order valence-corrected chi connectivity index (χ1v) is 8.72. The molecule has 1 heterocycles. The molecular formula is C19H24FN3O4. The Labute approximate surface area is 156 Å². The summed E-state index contributed by atoms with van der Waals surface area (Å²) in [7, 11) is 0. The Bertz CT molecular complexity index is 791. The SMILES string of the molecule is CC(C)CC(NC(Cc1cncn1Cc1ccccc1F)C(=O)O)C(=O)O. The van der Waals surface area contributed by atoms with Crippen molar-refractivity contribution in [2.75, 3.05) is 0 Å². The van der Waals surface area contributed by atoms with E-state index in [4.69, 9.17) is 0 Å². The highest BCUT2D eigenvalue weighted by atomic mass is 19.1. The maximum atomic E-state index is 13.9. The lowest BCUT2D eigenvalue weighted by atomic mass is 10.0. The van der Waals surface area contributed by atoms with Gasteiger partial charge in [-0.25, -0.2) is 9.37 Å². The Hall–Kier alpha value is -2.74. The van der Waals surface area contributed by atoms with Crippen molar-refractivity contribution in [2.45, 2.75) is 45.3 Å². The van der Waals surface area contributed by atoms with Crippen LogP contribution in [0.4, 0.5) is 4.39 Å². The molecule has 2 atom stereocenters. The van der Waals surface area contributed by atoms with Crippen LogP contribution in [0.5, 0.6) is 0 Å². The number of carboxylic acid groups (broad SMARTS) is 2. The topological polar surface area (TPSA) is 104 Å². The summed E-state index contributed by atoms with van der Waals surface area (Å²) in [5.41, 5.74) is 1.03. The molecule has 1 aromatic carbocycles. The molecule has 0 aliphatic heterocycles. The number of rotatable bonds is 10. The summed E-state index contributed by atoms with van der Waals surface area (Å²) >= 11 is 0. The van der Waals surface area contributed by atoms with Crippen LogP contribution in [0.3, 0.4) is 0 Å². The number of imidazole rings is 1. The molecule has 0 aliphatic rings. The molecule has 7 nitrogen and oxygen atoms in total. The van der Waals surface area contributed by atoms with E-state index >= 15 is 0 Å². The van der Waals surface area contributed by atoms with Crippen LogP contribution in [0.15, 0.2) is 36.8 Å². The zero-order valence-electron chi connectivity index (χ0n) is 15.3. The van der Waals surface area contributed by atoms with E-state index in [0.29, 0.717) is 17.7 Å². The summed E-state index contributed by atoms with van der Waals surface area (Å²) in [4.78, 5) is 27.1. The van der Waals surface area contributed by atoms with Gasteiger partial charge in [0, 0.05) is 23.9 Å². The van der Waals surface area contributed by atoms with E-state index in [2.05, 4.69) is 10.3 Å². The number of nitrogens with zero attached hydrogens (tertiary/aromatic N) is 2. The molecule has 0 amide bonds. The van der Waals surface area contributed by atoms with Crippen molar-refractivity contribution in [3.8, 4) is 0 Å². The Morgan fingerprint density at radius 3 is 2.44 bits per heavy atom. The zero-order valence-corrected chi connectivity index (χ0v) is 15.3. The third-order valence-corrected chi connectivity index (χ3v) is 4.22. The minimum absolute atomic E-state index is 0.0334. The predicted molar refractivity (Wildman–Crippen MR) is 96.9 cm³/mol. The largest absolute Gasteiger partial charge is 0.480 e. The summed E-state index contributed by atoms with van der Waals surface area (Å²) in [6.45, 7) is 3.95. The van der Waals surface area contributed by atoms with Crippen LogP contribution >= 0.6 is 0 Å². The van der Waals surface area contributed by atoms with Crippen molar-refractivity contribution in [3.05, 3.63) is 53.9 Å². The molecule has 0 saturated carbocycles. The Morgan fingerprint density at radius 1 is 1.19 bits per heavy atom. The van der Waals surface area contributed by atoms with Gasteiger partial charge in [-0.15, -0.1) is 0 Å². The number of halogens is 1. The number of carbonyl (C=O) groups is 2. The third kappa shape index (κ3) is 5.89. The summed E-state index contributed by atoms with van der Waals surface area (Å²) in [5.74, 6) is -2.49. The second kappa shape index (κ2) is 9.27. The molecule has 2 aromatic rings.